The zero-order valence-electron chi connectivity index (χ0n) is 26.4. The Kier molecular flexibility index (Phi) is 26.1. The fourth-order valence-corrected chi connectivity index (χ4v) is 5.78. The summed E-state index contributed by atoms with van der Waals surface area (Å²) in [5.74, 6) is 2.57. The lowest BCUT2D eigenvalue weighted by Crippen LogP contribution is -2.34. The number of nitrogens with zero attached hydrogens (tertiary/aromatic N) is 1. The van der Waals surface area contributed by atoms with Gasteiger partial charge in [0.25, 0.3) is 0 Å². The van der Waals surface area contributed by atoms with Gasteiger partial charge in [0.05, 0.1) is 0 Å². The lowest BCUT2D eigenvalue weighted by molar-refractivity contribution is 0.187. The van der Waals surface area contributed by atoms with E-state index in [1.807, 2.05) is 0 Å². The van der Waals surface area contributed by atoms with E-state index in [0.717, 1.165) is 17.8 Å². The Labute approximate surface area is 230 Å². The molecule has 0 bridgehead atoms. The first-order chi connectivity index (χ1) is 17.4. The van der Waals surface area contributed by atoms with E-state index in [1.165, 1.54) is 160 Å². The van der Waals surface area contributed by atoms with Crippen LogP contribution in [0.3, 0.4) is 0 Å². The minimum Gasteiger partial charge on any atom is -0.303 e. The molecule has 3 unspecified atom stereocenters. The van der Waals surface area contributed by atoms with Crippen molar-refractivity contribution in [2.75, 3.05) is 19.6 Å². The number of allylic oxidation sites excluding steroid dienone is 1. The fourth-order valence-electron chi connectivity index (χ4n) is 5.78. The van der Waals surface area contributed by atoms with Crippen molar-refractivity contribution in [2.45, 2.75) is 176 Å². The third kappa shape index (κ3) is 25.4. The van der Waals surface area contributed by atoms with Gasteiger partial charge in [-0.1, -0.05) is 143 Å². The van der Waals surface area contributed by atoms with E-state index in [9.17, 15) is 0 Å². The summed E-state index contributed by atoms with van der Waals surface area (Å²) in [6, 6.07) is 0. The molecular formula is C35H71N. The highest BCUT2D eigenvalue weighted by atomic mass is 15.1. The predicted octanol–water partition coefficient (Wildman–Crippen LogP) is 12.0. The first-order valence-electron chi connectivity index (χ1n) is 16.8. The Morgan fingerprint density at radius 2 is 1.06 bits per heavy atom. The molecule has 0 N–H and O–H groups in total. The maximum absolute atomic E-state index is 4.00. The van der Waals surface area contributed by atoms with Gasteiger partial charge < -0.3 is 4.90 Å². The molecule has 0 amide bonds. The first-order valence-corrected chi connectivity index (χ1v) is 16.8. The van der Waals surface area contributed by atoms with Gasteiger partial charge in [0.1, 0.15) is 0 Å². The third-order valence-electron chi connectivity index (χ3n) is 8.27. The summed E-state index contributed by atoms with van der Waals surface area (Å²) in [7, 11) is 0. The van der Waals surface area contributed by atoms with Gasteiger partial charge in [0, 0.05) is 13.1 Å². The van der Waals surface area contributed by atoms with Crippen LogP contribution in [0.4, 0.5) is 0 Å². The molecule has 0 rings (SSSR count). The van der Waals surface area contributed by atoms with Crippen molar-refractivity contribution >= 4 is 0 Å². The van der Waals surface area contributed by atoms with Gasteiger partial charge in [-0.3, -0.25) is 0 Å². The Morgan fingerprint density at radius 1 is 0.583 bits per heavy atom. The monoisotopic (exact) mass is 506 g/mol. The Bertz CT molecular complexity index is 456. The molecule has 0 saturated carbocycles. The molecule has 0 aromatic carbocycles. The highest BCUT2D eigenvalue weighted by Crippen LogP contribution is 2.19. The number of hydrogen-bond acceptors (Lipinski definition) is 1. The summed E-state index contributed by atoms with van der Waals surface area (Å²) in [4.78, 5) is 2.84. The Morgan fingerprint density at radius 3 is 1.53 bits per heavy atom. The second kappa shape index (κ2) is 26.3. The van der Waals surface area contributed by atoms with Crippen LogP contribution in [0.25, 0.3) is 0 Å². The smallest absolute Gasteiger partial charge is 0.000723 e. The summed E-state index contributed by atoms with van der Waals surface area (Å²) in [5, 5.41) is 0. The van der Waals surface area contributed by atoms with Crippen molar-refractivity contribution in [1.82, 2.24) is 4.90 Å². The average Bonchev–Trinajstić information content (AvgIpc) is 2.83. The standard InChI is InChI=1S/C35H71N/c1-8-10-23-27-34(6)30-36(31-35(7)29-33(5)9-2)28-25-22-20-18-16-14-12-11-13-15-17-19-21-24-26-32(3)4/h33-35H,3,8-31H2,1-2,4-7H3. The average molecular weight is 506 g/mol. The molecule has 0 aliphatic carbocycles. The van der Waals surface area contributed by atoms with Gasteiger partial charge in [-0.2, -0.15) is 0 Å². The van der Waals surface area contributed by atoms with Gasteiger partial charge in [-0.15, -0.1) is 6.58 Å². The molecule has 0 heterocycles. The van der Waals surface area contributed by atoms with Crippen LogP contribution >= 0.6 is 0 Å². The molecule has 0 aromatic rings. The van der Waals surface area contributed by atoms with Crippen LogP contribution in [-0.2, 0) is 0 Å². The van der Waals surface area contributed by atoms with Crippen LogP contribution in [0, 0.1) is 17.8 Å². The molecule has 0 aromatic heterocycles. The first kappa shape index (κ1) is 35.7. The maximum Gasteiger partial charge on any atom is 0.000723 e. The van der Waals surface area contributed by atoms with Gasteiger partial charge in [-0.05, 0) is 63.3 Å². The highest BCUT2D eigenvalue weighted by Gasteiger charge is 2.15. The molecule has 0 radical (unpaired) electrons. The van der Waals surface area contributed by atoms with Crippen LogP contribution in [-0.4, -0.2) is 24.5 Å². The van der Waals surface area contributed by atoms with Gasteiger partial charge >= 0.3 is 0 Å². The second-order valence-electron chi connectivity index (χ2n) is 12.9. The third-order valence-corrected chi connectivity index (χ3v) is 8.27. The number of rotatable bonds is 28. The van der Waals surface area contributed by atoms with Crippen molar-refractivity contribution in [2.24, 2.45) is 17.8 Å². The molecule has 0 aliphatic heterocycles. The normalized spacial score (nSPS) is 14.3. The van der Waals surface area contributed by atoms with Crippen molar-refractivity contribution in [3.63, 3.8) is 0 Å². The molecule has 36 heavy (non-hydrogen) atoms. The van der Waals surface area contributed by atoms with Crippen LogP contribution in [0.1, 0.15) is 176 Å². The van der Waals surface area contributed by atoms with E-state index in [0.29, 0.717) is 0 Å². The van der Waals surface area contributed by atoms with Crippen molar-refractivity contribution < 1.29 is 0 Å². The molecule has 216 valence electrons. The van der Waals surface area contributed by atoms with Gasteiger partial charge in [0.15, 0.2) is 0 Å². The quantitative estimate of drug-likeness (QED) is 0.0754. The highest BCUT2D eigenvalue weighted by molar-refractivity contribution is 4.86. The fraction of sp³-hybridized carbons (Fsp3) is 0.943. The van der Waals surface area contributed by atoms with E-state index in [-0.39, 0.29) is 0 Å². The van der Waals surface area contributed by atoms with E-state index in [2.05, 4.69) is 53.0 Å². The molecule has 0 fully saturated rings. The minimum absolute atomic E-state index is 0.837. The van der Waals surface area contributed by atoms with E-state index in [4.69, 9.17) is 0 Å². The molecular weight excluding hydrogens is 434 g/mol. The van der Waals surface area contributed by atoms with Crippen molar-refractivity contribution in [3.05, 3.63) is 12.2 Å². The topological polar surface area (TPSA) is 3.24 Å². The minimum atomic E-state index is 0.837. The summed E-state index contributed by atoms with van der Waals surface area (Å²) in [5.41, 5.74) is 1.35. The van der Waals surface area contributed by atoms with Gasteiger partial charge in [0.2, 0.25) is 0 Å². The lowest BCUT2D eigenvalue weighted by Gasteiger charge is -2.29. The van der Waals surface area contributed by atoms with E-state index in [1.54, 1.807) is 0 Å². The molecule has 0 spiro atoms. The zero-order valence-corrected chi connectivity index (χ0v) is 26.4. The summed E-state index contributed by atoms with van der Waals surface area (Å²) in [6.07, 6.45) is 29.7. The molecule has 1 nitrogen and oxygen atoms in total. The number of hydrogen-bond donors (Lipinski definition) is 0. The Balaban J connectivity index is 3.84. The van der Waals surface area contributed by atoms with Crippen molar-refractivity contribution in [1.29, 1.82) is 0 Å². The second-order valence-corrected chi connectivity index (χ2v) is 12.9. The van der Waals surface area contributed by atoms with E-state index >= 15 is 0 Å². The molecule has 1 heteroatoms. The molecule has 0 saturated heterocycles. The molecule has 3 atom stereocenters. The zero-order chi connectivity index (χ0) is 26.9. The summed E-state index contributed by atoms with van der Waals surface area (Å²) < 4.78 is 0. The van der Waals surface area contributed by atoms with Gasteiger partial charge in [-0.25, -0.2) is 0 Å². The SMILES string of the molecule is C=C(C)CCCCCCCCCCCCCCCCN(CC(C)CCCCC)CC(C)CC(C)CC. The van der Waals surface area contributed by atoms with Crippen LogP contribution in [0.2, 0.25) is 0 Å². The largest absolute Gasteiger partial charge is 0.303 e. The van der Waals surface area contributed by atoms with Crippen molar-refractivity contribution in [3.8, 4) is 0 Å². The van der Waals surface area contributed by atoms with E-state index < -0.39 is 0 Å². The molecule has 0 aliphatic rings. The predicted molar refractivity (Wildman–Crippen MR) is 167 cm³/mol. The van der Waals surface area contributed by atoms with Crippen LogP contribution in [0.5, 0.6) is 0 Å². The lowest BCUT2D eigenvalue weighted by atomic mass is 9.94. The summed E-state index contributed by atoms with van der Waals surface area (Å²) in [6.45, 7) is 22.2. The summed E-state index contributed by atoms with van der Waals surface area (Å²) >= 11 is 0. The van der Waals surface area contributed by atoms with Crippen LogP contribution < -0.4 is 0 Å². The maximum atomic E-state index is 4.00. The Hall–Kier alpha value is -0.300. The van der Waals surface area contributed by atoms with Crippen LogP contribution in [0.15, 0.2) is 12.2 Å². The number of unbranched alkanes of at least 4 members (excludes halogenated alkanes) is 15.